The number of rotatable bonds is 4. The Labute approximate surface area is 113 Å². The standard InChI is InChI=1S/C16H19NS/c1-2-12-3-5-13(6-4-12)14-7-8-15(18-14)16(11-17)9-10-16/h3-8H,2,9-11,17H2,1H3. The molecule has 0 saturated heterocycles. The second-order valence-electron chi connectivity index (χ2n) is 5.20. The zero-order valence-corrected chi connectivity index (χ0v) is 11.6. The van der Waals surface area contributed by atoms with Crippen LogP contribution < -0.4 is 5.73 Å². The van der Waals surface area contributed by atoms with Crippen LogP contribution in [-0.4, -0.2) is 6.54 Å². The summed E-state index contributed by atoms with van der Waals surface area (Å²) in [6.45, 7) is 2.98. The van der Waals surface area contributed by atoms with Crippen molar-refractivity contribution in [2.45, 2.75) is 31.6 Å². The Kier molecular flexibility index (Phi) is 3.00. The normalized spacial score (nSPS) is 16.8. The molecule has 0 radical (unpaired) electrons. The predicted molar refractivity (Wildman–Crippen MR) is 79.1 cm³/mol. The molecule has 0 bridgehead atoms. The van der Waals surface area contributed by atoms with Crippen LogP contribution in [0.1, 0.15) is 30.2 Å². The summed E-state index contributed by atoms with van der Waals surface area (Å²) in [4.78, 5) is 2.84. The van der Waals surface area contributed by atoms with Crippen LogP contribution in [0.2, 0.25) is 0 Å². The van der Waals surface area contributed by atoms with Gasteiger partial charge in [-0.2, -0.15) is 0 Å². The van der Waals surface area contributed by atoms with Gasteiger partial charge in [0.2, 0.25) is 0 Å². The maximum Gasteiger partial charge on any atom is 0.0345 e. The molecule has 1 aliphatic carbocycles. The van der Waals surface area contributed by atoms with Crippen molar-refractivity contribution >= 4 is 11.3 Å². The molecule has 0 unspecified atom stereocenters. The van der Waals surface area contributed by atoms with Gasteiger partial charge in [-0.05, 0) is 42.5 Å². The van der Waals surface area contributed by atoms with Gasteiger partial charge in [0.05, 0.1) is 0 Å². The van der Waals surface area contributed by atoms with E-state index in [1.54, 1.807) is 0 Å². The summed E-state index contributed by atoms with van der Waals surface area (Å²) in [7, 11) is 0. The Hall–Kier alpha value is -1.12. The lowest BCUT2D eigenvalue weighted by Gasteiger charge is -2.08. The third-order valence-corrected chi connectivity index (χ3v) is 5.40. The van der Waals surface area contributed by atoms with Crippen LogP contribution in [0.15, 0.2) is 36.4 Å². The zero-order chi connectivity index (χ0) is 12.6. The summed E-state index contributed by atoms with van der Waals surface area (Å²) >= 11 is 1.91. The van der Waals surface area contributed by atoms with Gasteiger partial charge >= 0.3 is 0 Å². The fourth-order valence-corrected chi connectivity index (χ4v) is 3.65. The Bertz CT molecular complexity index is 534. The highest BCUT2D eigenvalue weighted by atomic mass is 32.1. The average molecular weight is 257 g/mol. The van der Waals surface area contributed by atoms with Crippen molar-refractivity contribution in [2.75, 3.05) is 6.54 Å². The van der Waals surface area contributed by atoms with E-state index in [-0.39, 0.29) is 0 Å². The topological polar surface area (TPSA) is 26.0 Å². The molecule has 1 heterocycles. The summed E-state index contributed by atoms with van der Waals surface area (Å²) < 4.78 is 0. The lowest BCUT2D eigenvalue weighted by Crippen LogP contribution is -2.18. The molecule has 0 aliphatic heterocycles. The lowest BCUT2D eigenvalue weighted by atomic mass is 10.1. The van der Waals surface area contributed by atoms with Gasteiger partial charge in [-0.25, -0.2) is 0 Å². The van der Waals surface area contributed by atoms with Crippen LogP contribution in [0.3, 0.4) is 0 Å². The fraction of sp³-hybridized carbons (Fsp3) is 0.375. The Morgan fingerprint density at radius 3 is 2.39 bits per heavy atom. The fourth-order valence-electron chi connectivity index (χ4n) is 2.38. The van der Waals surface area contributed by atoms with Gasteiger partial charge in [0.1, 0.15) is 0 Å². The van der Waals surface area contributed by atoms with Gasteiger partial charge in [-0.1, -0.05) is 31.2 Å². The van der Waals surface area contributed by atoms with Crippen molar-refractivity contribution in [3.8, 4) is 10.4 Å². The monoisotopic (exact) mass is 257 g/mol. The third-order valence-electron chi connectivity index (χ3n) is 4.02. The van der Waals surface area contributed by atoms with Crippen LogP contribution >= 0.6 is 11.3 Å². The molecule has 2 N–H and O–H groups in total. The van der Waals surface area contributed by atoms with Crippen LogP contribution in [0.5, 0.6) is 0 Å². The molecular weight excluding hydrogens is 238 g/mol. The van der Waals surface area contributed by atoms with E-state index in [4.69, 9.17) is 5.73 Å². The van der Waals surface area contributed by atoms with E-state index in [1.165, 1.54) is 33.7 Å². The number of hydrogen-bond acceptors (Lipinski definition) is 2. The number of nitrogens with two attached hydrogens (primary N) is 1. The van der Waals surface area contributed by atoms with E-state index in [0.29, 0.717) is 5.41 Å². The van der Waals surface area contributed by atoms with Crippen LogP contribution in [0.4, 0.5) is 0 Å². The Morgan fingerprint density at radius 2 is 1.83 bits per heavy atom. The molecule has 18 heavy (non-hydrogen) atoms. The summed E-state index contributed by atoms with van der Waals surface area (Å²) in [6, 6.07) is 13.4. The van der Waals surface area contributed by atoms with Gasteiger partial charge in [0, 0.05) is 21.7 Å². The Morgan fingerprint density at radius 1 is 1.11 bits per heavy atom. The van der Waals surface area contributed by atoms with Crippen molar-refractivity contribution in [1.29, 1.82) is 0 Å². The average Bonchev–Trinajstić information content (AvgIpc) is 3.08. The first-order valence-corrected chi connectivity index (χ1v) is 7.49. The molecule has 2 heteroatoms. The largest absolute Gasteiger partial charge is 0.330 e. The van der Waals surface area contributed by atoms with E-state index in [2.05, 4.69) is 43.3 Å². The zero-order valence-electron chi connectivity index (χ0n) is 10.8. The van der Waals surface area contributed by atoms with Crippen LogP contribution in [0, 0.1) is 0 Å². The maximum atomic E-state index is 5.89. The van der Waals surface area contributed by atoms with Gasteiger partial charge in [0.25, 0.3) is 0 Å². The minimum atomic E-state index is 0.326. The minimum absolute atomic E-state index is 0.326. The molecule has 2 aromatic rings. The van der Waals surface area contributed by atoms with E-state index < -0.39 is 0 Å². The number of benzene rings is 1. The maximum absolute atomic E-state index is 5.89. The molecular formula is C16H19NS. The molecule has 0 amide bonds. The van der Waals surface area contributed by atoms with Gasteiger partial charge in [0.15, 0.2) is 0 Å². The van der Waals surface area contributed by atoms with Crippen molar-refractivity contribution in [2.24, 2.45) is 5.73 Å². The van der Waals surface area contributed by atoms with Crippen LogP contribution in [0.25, 0.3) is 10.4 Å². The lowest BCUT2D eigenvalue weighted by molar-refractivity contribution is 0.720. The molecule has 1 saturated carbocycles. The molecule has 1 nitrogen and oxygen atoms in total. The highest BCUT2D eigenvalue weighted by Gasteiger charge is 2.43. The molecule has 0 spiro atoms. The van der Waals surface area contributed by atoms with Crippen molar-refractivity contribution in [3.63, 3.8) is 0 Å². The highest BCUT2D eigenvalue weighted by Crippen LogP contribution is 2.50. The minimum Gasteiger partial charge on any atom is -0.330 e. The summed E-state index contributed by atoms with van der Waals surface area (Å²) in [6.07, 6.45) is 3.63. The van der Waals surface area contributed by atoms with Gasteiger partial charge < -0.3 is 5.73 Å². The van der Waals surface area contributed by atoms with E-state index in [1.807, 2.05) is 11.3 Å². The third kappa shape index (κ3) is 2.00. The predicted octanol–water partition coefficient (Wildman–Crippen LogP) is 3.97. The van der Waals surface area contributed by atoms with Crippen molar-refractivity contribution in [1.82, 2.24) is 0 Å². The summed E-state index contributed by atoms with van der Waals surface area (Å²) in [5.41, 5.74) is 8.95. The van der Waals surface area contributed by atoms with Gasteiger partial charge in [-0.3, -0.25) is 0 Å². The van der Waals surface area contributed by atoms with E-state index in [0.717, 1.165) is 13.0 Å². The van der Waals surface area contributed by atoms with Crippen molar-refractivity contribution in [3.05, 3.63) is 46.8 Å². The van der Waals surface area contributed by atoms with E-state index >= 15 is 0 Å². The molecule has 94 valence electrons. The summed E-state index contributed by atoms with van der Waals surface area (Å²) in [5, 5.41) is 0. The summed E-state index contributed by atoms with van der Waals surface area (Å²) in [5.74, 6) is 0. The number of hydrogen-bond donors (Lipinski definition) is 1. The second kappa shape index (κ2) is 4.52. The first-order chi connectivity index (χ1) is 8.77. The van der Waals surface area contributed by atoms with Gasteiger partial charge in [-0.15, -0.1) is 11.3 Å². The first-order valence-electron chi connectivity index (χ1n) is 6.67. The molecule has 3 rings (SSSR count). The first kappa shape index (κ1) is 11.9. The van der Waals surface area contributed by atoms with Crippen LogP contribution in [-0.2, 0) is 11.8 Å². The SMILES string of the molecule is CCc1ccc(-c2ccc(C3(CN)CC3)s2)cc1. The molecule has 0 atom stereocenters. The van der Waals surface area contributed by atoms with Crippen molar-refractivity contribution < 1.29 is 0 Å². The molecule has 1 fully saturated rings. The quantitative estimate of drug-likeness (QED) is 0.881. The Balaban J connectivity index is 1.88. The number of thiophene rings is 1. The molecule has 1 aliphatic rings. The smallest absolute Gasteiger partial charge is 0.0345 e. The molecule has 1 aromatic heterocycles. The molecule has 1 aromatic carbocycles. The highest BCUT2D eigenvalue weighted by molar-refractivity contribution is 7.15. The second-order valence-corrected chi connectivity index (χ2v) is 6.28. The van der Waals surface area contributed by atoms with E-state index in [9.17, 15) is 0 Å². The number of aryl methyl sites for hydroxylation is 1.